The Kier molecular flexibility index (Phi) is 15.7. The van der Waals surface area contributed by atoms with Crippen molar-refractivity contribution < 1.29 is 4.42 Å². The van der Waals surface area contributed by atoms with Crippen molar-refractivity contribution in [1.29, 1.82) is 0 Å². The average molecular weight is 1110 g/mol. The van der Waals surface area contributed by atoms with Crippen LogP contribution in [0.1, 0.15) is 0 Å². The van der Waals surface area contributed by atoms with E-state index in [1.165, 1.54) is 289 Å². The van der Waals surface area contributed by atoms with E-state index in [1.54, 1.807) is 0 Å². The highest BCUT2D eigenvalue weighted by atomic mass is 16.3. The molecule has 90 heavy (non-hydrogen) atoms. The van der Waals surface area contributed by atoms with Gasteiger partial charge in [0.2, 0.25) is 0 Å². The Morgan fingerprint density at radius 1 is 0.144 bits per heavy atom. The summed E-state index contributed by atoms with van der Waals surface area (Å²) in [5.74, 6) is 0. The van der Waals surface area contributed by atoms with Crippen LogP contribution in [-0.2, 0) is 0 Å². The molecule has 0 radical (unpaired) electrons. The Morgan fingerprint density at radius 3 is 0.778 bits per heavy atom. The van der Waals surface area contributed by atoms with Crippen LogP contribution in [0.15, 0.2) is 10.5 Å². The molecule has 0 atom stereocenters. The van der Waals surface area contributed by atoms with Gasteiger partial charge in [-0.2, -0.15) is 0 Å². The summed E-state index contributed by atoms with van der Waals surface area (Å²) in [7, 11) is 78.7. The summed E-state index contributed by atoms with van der Waals surface area (Å²) in [6.07, 6.45) is 0. The van der Waals surface area contributed by atoms with Gasteiger partial charge in [-0.25, -0.2) is 0 Å². The van der Waals surface area contributed by atoms with E-state index >= 15 is 0 Å². The molecule has 0 amide bonds. The predicted octanol–water partition coefficient (Wildman–Crippen LogP) is -41.5. The fourth-order valence-corrected chi connectivity index (χ4v) is 18.3. The standard InChI is InChI=1S/C56H67B33O/c57-22-3-1-2(4-9(5(3)27(62)44(79)43(22)78)29(64)46(81)45(80)26(4)61)6-23(58)16-17(37(72)28(6)63)24(59)14(34(69)38(16)73)7-10-12(32(67)49(84)47(82)30(10)65)8(13-11(7)31(66)48(83)50(85)33(13)68)15-35(70)39(74)19(40(75)36(15)71)18-25(60)20-21-42(77)51(86)52(87)54(89)56(21)90-55(20)53(88)41(18)76/h1H,57-89H2. The van der Waals surface area contributed by atoms with E-state index < -0.39 is 0 Å². The minimum absolute atomic E-state index is 1.03. The van der Waals surface area contributed by atoms with Gasteiger partial charge in [-0.05, 0) is 104 Å². The second kappa shape index (κ2) is 21.9. The molecule has 34 heteroatoms. The van der Waals surface area contributed by atoms with Crippen LogP contribution in [-0.4, -0.2) is 259 Å². The van der Waals surface area contributed by atoms with Crippen molar-refractivity contribution in [3.8, 4) is 44.5 Å². The van der Waals surface area contributed by atoms with Gasteiger partial charge in [-0.3, -0.25) is 0 Å². The first kappa shape index (κ1) is 64.8. The Hall–Kier alpha value is -5.34. The molecule has 1 aromatic heterocycles. The average Bonchev–Trinajstić information content (AvgIpc) is 0.804. The quantitative estimate of drug-likeness (QED) is 0.0972. The molecule has 12 aromatic rings. The number of rotatable bonds is 4. The summed E-state index contributed by atoms with van der Waals surface area (Å²) in [5, 5.41) is 16.6. The maximum atomic E-state index is 7.00. The molecule has 0 aliphatic rings. The first-order valence-corrected chi connectivity index (χ1v) is 33.5. The van der Waals surface area contributed by atoms with E-state index in [-0.39, 0.29) is 0 Å². The Bertz CT molecular complexity index is 5400. The lowest BCUT2D eigenvalue weighted by atomic mass is 9.55. The summed E-state index contributed by atoms with van der Waals surface area (Å²) < 4.78 is 7.00. The van der Waals surface area contributed by atoms with Crippen molar-refractivity contribution in [2.24, 2.45) is 0 Å². The molecule has 11 aromatic carbocycles. The molecule has 0 saturated carbocycles. The lowest BCUT2D eigenvalue weighted by Gasteiger charge is -2.33. The second-order valence-corrected chi connectivity index (χ2v) is 29.1. The van der Waals surface area contributed by atoms with Gasteiger partial charge in [0.15, 0.2) is 0 Å². The lowest BCUT2D eigenvalue weighted by molar-refractivity contribution is 0.675. The Labute approximate surface area is 565 Å². The number of benzene rings is 11. The van der Waals surface area contributed by atoms with Crippen molar-refractivity contribution in [3.63, 3.8) is 0 Å². The third kappa shape index (κ3) is 8.24. The van der Waals surface area contributed by atoms with Crippen molar-refractivity contribution in [2.45, 2.75) is 0 Å². The van der Waals surface area contributed by atoms with Gasteiger partial charge in [-0.15, -0.1) is 49.2 Å². The van der Waals surface area contributed by atoms with E-state index in [2.05, 4.69) is 265 Å². The van der Waals surface area contributed by atoms with Crippen LogP contribution in [0.2, 0.25) is 0 Å². The smallest absolute Gasteiger partial charge is 0.143 e. The molecular formula is C56H67B33O. The van der Waals surface area contributed by atoms with Gasteiger partial charge >= 0.3 is 0 Å². The normalized spacial score (nSPS) is 11.9. The van der Waals surface area contributed by atoms with Gasteiger partial charge in [0.1, 0.15) is 270 Å². The molecule has 0 unspecified atom stereocenters. The van der Waals surface area contributed by atoms with E-state index in [9.17, 15) is 0 Å². The minimum atomic E-state index is 1.03. The second-order valence-electron chi connectivity index (χ2n) is 29.1. The van der Waals surface area contributed by atoms with Crippen molar-refractivity contribution >= 4 is 515 Å². The lowest BCUT2D eigenvalue weighted by Crippen LogP contribution is -2.51. The summed E-state index contributed by atoms with van der Waals surface area (Å²) in [6, 6.07) is 2.61. The van der Waals surface area contributed by atoms with Crippen LogP contribution >= 0.6 is 0 Å². The number of furan rings is 1. The minimum Gasteiger partial charge on any atom is -0.457 e. The highest BCUT2D eigenvalue weighted by Gasteiger charge is 2.33. The third-order valence-electron chi connectivity index (χ3n) is 26.0. The van der Waals surface area contributed by atoms with Gasteiger partial charge < -0.3 is 4.42 Å². The first-order chi connectivity index (χ1) is 42.0. The van der Waals surface area contributed by atoms with Crippen molar-refractivity contribution in [2.75, 3.05) is 0 Å². The molecule has 1 nitrogen and oxygen atoms in total. The third-order valence-corrected chi connectivity index (χ3v) is 26.0. The highest BCUT2D eigenvalue weighted by molar-refractivity contribution is 6.78. The van der Waals surface area contributed by atoms with Gasteiger partial charge in [0.25, 0.3) is 0 Å². The van der Waals surface area contributed by atoms with Gasteiger partial charge in [0, 0.05) is 10.8 Å². The molecule has 0 aliphatic carbocycles. The topological polar surface area (TPSA) is 13.1 Å². The van der Waals surface area contributed by atoms with Crippen LogP contribution in [0.5, 0.6) is 0 Å². The molecule has 0 N–H and O–H groups in total. The molecule has 0 aliphatic heterocycles. The Balaban J connectivity index is 1.23. The zero-order valence-electron chi connectivity index (χ0n) is 61.5. The molecule has 0 fully saturated rings. The highest BCUT2D eigenvalue weighted by Crippen LogP contribution is 2.40. The summed E-state index contributed by atoms with van der Waals surface area (Å²) in [5.41, 5.74) is 58.2. The monoisotopic (exact) mass is 1120 g/mol. The molecule has 1 heterocycles. The molecule has 396 valence electrons. The summed E-state index contributed by atoms with van der Waals surface area (Å²) in [4.78, 5) is 0. The van der Waals surface area contributed by atoms with E-state index in [1.807, 2.05) is 0 Å². The van der Waals surface area contributed by atoms with Gasteiger partial charge in [0.05, 0.1) is 0 Å². The number of fused-ring (bicyclic) bond motifs is 9. The fraction of sp³-hybridized carbons (Fsp3) is 0. The molecule has 0 spiro atoms. The maximum absolute atomic E-state index is 7.00. The van der Waals surface area contributed by atoms with E-state index in [0.717, 1.165) is 11.2 Å². The zero-order valence-corrected chi connectivity index (χ0v) is 61.5. The van der Waals surface area contributed by atoms with Crippen LogP contribution in [0.3, 0.4) is 0 Å². The maximum Gasteiger partial charge on any atom is 0.143 e. The first-order valence-electron chi connectivity index (χ1n) is 33.5. The zero-order chi connectivity index (χ0) is 66.2. The number of hydrogen-bond acceptors (Lipinski definition) is 1. The molecule has 0 saturated heterocycles. The Morgan fingerprint density at radius 2 is 0.367 bits per heavy atom. The molecule has 0 bridgehead atoms. The summed E-state index contributed by atoms with van der Waals surface area (Å²) >= 11 is 0. The largest absolute Gasteiger partial charge is 0.457 e. The SMILES string of the molecule is Bc1c(B)c(-c2c3c(B)c(B)c(B)c(B)c3c(-c3c(B)c(B)c4c(B)c(-c5cc6c(B)c(B)c(B)c(B)c6c6c(B)c(B)c(B)c(B)c56)c(B)c(B)c4c3B)c3c(B)c(B)c(B)c(B)c23)c(B)c(B)c1-c1c(B)c(B)c2oc3c(B)c(B)c(B)c(B)c3c2c1B. The van der Waals surface area contributed by atoms with Gasteiger partial charge in [-0.1, -0.05) is 131 Å². The predicted molar refractivity (Wildman–Crippen MR) is 513 cm³/mol. The van der Waals surface area contributed by atoms with Crippen LogP contribution in [0, 0.1) is 0 Å². The van der Waals surface area contributed by atoms with Crippen LogP contribution in [0.25, 0.3) is 120 Å². The van der Waals surface area contributed by atoms with Crippen LogP contribution in [0.4, 0.5) is 0 Å². The fourth-order valence-electron chi connectivity index (χ4n) is 18.3. The van der Waals surface area contributed by atoms with Crippen molar-refractivity contribution in [1.82, 2.24) is 0 Å². The van der Waals surface area contributed by atoms with E-state index in [4.69, 9.17) is 4.42 Å². The molecule has 12 rings (SSSR count). The van der Waals surface area contributed by atoms with E-state index in [0.29, 0.717) is 0 Å². The van der Waals surface area contributed by atoms with Crippen LogP contribution < -0.4 is 180 Å². The number of hydrogen-bond donors (Lipinski definition) is 0. The molecular weight excluding hydrogens is 1050 g/mol. The summed E-state index contributed by atoms with van der Waals surface area (Å²) in [6.45, 7) is 0. The van der Waals surface area contributed by atoms with Crippen molar-refractivity contribution in [3.05, 3.63) is 6.07 Å².